The van der Waals surface area contributed by atoms with Gasteiger partial charge in [0.1, 0.15) is 0 Å². The molecule has 0 spiro atoms. The van der Waals surface area contributed by atoms with E-state index in [9.17, 15) is 0 Å². The second-order valence-corrected chi connectivity index (χ2v) is 50.8. The number of para-hydroxylation sites is 4. The van der Waals surface area contributed by atoms with Crippen LogP contribution in [0.3, 0.4) is 0 Å². The Bertz CT molecular complexity index is 7590. The molecule has 0 bridgehead atoms. The second kappa shape index (κ2) is 40.0. The molecule has 760 valence electrons. The van der Waals surface area contributed by atoms with E-state index in [1.165, 1.54) is 224 Å². The summed E-state index contributed by atoms with van der Waals surface area (Å²) in [6.07, 6.45) is 1.99. The average molecular weight is 1950 g/mol. The van der Waals surface area contributed by atoms with Gasteiger partial charge in [-0.25, -0.2) is 0 Å². The number of anilines is 8. The summed E-state index contributed by atoms with van der Waals surface area (Å²) in [7, 11) is 0. The highest BCUT2D eigenvalue weighted by atomic mass is 15.2. The van der Waals surface area contributed by atoms with Crippen molar-refractivity contribution in [3.8, 4) is 89.0 Å². The maximum Gasteiger partial charge on any atom is 0.0533 e. The molecule has 4 nitrogen and oxygen atoms in total. The molecule has 0 heterocycles. The summed E-state index contributed by atoms with van der Waals surface area (Å²) in [6, 6.07) is 126. The average Bonchev–Trinajstić information content (AvgIpc) is 1.53. The number of fused-ring (bicyclic) bond motifs is 12. The first-order chi connectivity index (χ1) is 69.8. The second-order valence-electron chi connectivity index (χ2n) is 50.8. The molecule has 0 unspecified atom stereocenters. The van der Waals surface area contributed by atoms with Crippen molar-refractivity contribution in [3.05, 3.63) is 429 Å². The van der Waals surface area contributed by atoms with E-state index in [0.717, 1.165) is 12.8 Å². The normalized spacial score (nSPS) is 14.1. The first-order valence-corrected chi connectivity index (χ1v) is 54.8. The Hall–Kier alpha value is -13.3. The number of nitrogens with zero attached hydrogens (tertiary/aromatic N) is 4. The minimum absolute atomic E-state index is 0.0242. The van der Waals surface area contributed by atoms with Gasteiger partial charge in [0.2, 0.25) is 0 Å². The van der Waals surface area contributed by atoms with Crippen LogP contribution in [0.5, 0.6) is 0 Å². The Morgan fingerprint density at radius 3 is 0.953 bits per heavy atom. The number of benzene rings is 16. The van der Waals surface area contributed by atoms with Crippen molar-refractivity contribution in [2.45, 2.75) is 315 Å². The zero-order chi connectivity index (χ0) is 107. The van der Waals surface area contributed by atoms with Crippen molar-refractivity contribution in [2.24, 2.45) is 0 Å². The van der Waals surface area contributed by atoms with Crippen molar-refractivity contribution in [1.29, 1.82) is 0 Å². The first-order valence-electron chi connectivity index (χ1n) is 54.8. The van der Waals surface area contributed by atoms with Crippen LogP contribution in [0.15, 0.2) is 340 Å². The predicted octanol–water partition coefficient (Wildman–Crippen LogP) is 41.0. The molecule has 0 fully saturated rings. The minimum Gasteiger partial charge on any atom is -0.335 e. The van der Waals surface area contributed by atoms with E-state index in [-0.39, 0.29) is 54.6 Å². The van der Waals surface area contributed by atoms with Gasteiger partial charge in [-0.3, -0.25) is 0 Å². The Labute approximate surface area is 891 Å². The third kappa shape index (κ3) is 19.2. The van der Waals surface area contributed by atoms with E-state index < -0.39 is 0 Å². The van der Waals surface area contributed by atoms with Gasteiger partial charge in [-0.1, -0.05) is 454 Å². The van der Waals surface area contributed by atoms with Gasteiger partial charge < -0.3 is 19.6 Å². The zero-order valence-electron chi connectivity index (χ0n) is 95.7. The van der Waals surface area contributed by atoms with Gasteiger partial charge in [-0.2, -0.15) is 0 Å². The summed E-state index contributed by atoms with van der Waals surface area (Å²) in [5, 5.41) is 0. The summed E-state index contributed by atoms with van der Waals surface area (Å²) < 4.78 is 0. The summed E-state index contributed by atoms with van der Waals surface area (Å²) in [5.74, 6) is 0.779. The largest absolute Gasteiger partial charge is 0.335 e. The monoisotopic (exact) mass is 1950 g/mol. The third-order valence-electron chi connectivity index (χ3n) is 32.0. The van der Waals surface area contributed by atoms with Crippen LogP contribution < -0.4 is 19.6 Å². The van der Waals surface area contributed by atoms with Crippen LogP contribution in [-0.2, 0) is 45.3 Å². The molecular weight excluding hydrogens is 1790 g/mol. The van der Waals surface area contributed by atoms with Crippen LogP contribution in [0, 0.1) is 13.8 Å². The molecule has 4 heteroatoms. The Kier molecular flexibility index (Phi) is 28.6. The van der Waals surface area contributed by atoms with Crippen LogP contribution in [0.2, 0.25) is 0 Å². The Balaban J connectivity index is 0.000000135. The van der Waals surface area contributed by atoms with Gasteiger partial charge in [-0.15, -0.1) is 0 Å². The summed E-state index contributed by atoms with van der Waals surface area (Å²) >= 11 is 0. The maximum atomic E-state index is 2.66. The molecule has 0 aromatic heterocycles. The van der Waals surface area contributed by atoms with Gasteiger partial charge in [0.25, 0.3) is 0 Å². The molecule has 0 N–H and O–H groups in total. The van der Waals surface area contributed by atoms with E-state index in [1.807, 2.05) is 0 Å². The number of rotatable bonds is 16. The maximum absolute atomic E-state index is 2.66. The van der Waals surface area contributed by atoms with Crippen molar-refractivity contribution in [3.63, 3.8) is 0 Å². The molecule has 4 aliphatic carbocycles. The molecule has 20 rings (SSSR count). The van der Waals surface area contributed by atoms with E-state index in [4.69, 9.17) is 0 Å². The van der Waals surface area contributed by atoms with Gasteiger partial charge in [0.15, 0.2) is 0 Å². The molecule has 0 amide bonds. The lowest BCUT2D eigenvalue weighted by atomic mass is 9.72. The molecule has 4 aliphatic rings. The van der Waals surface area contributed by atoms with E-state index >= 15 is 0 Å². The van der Waals surface area contributed by atoms with Crippen LogP contribution in [-0.4, -0.2) is 22.2 Å². The van der Waals surface area contributed by atoms with Crippen LogP contribution >= 0.6 is 0 Å². The van der Waals surface area contributed by atoms with Gasteiger partial charge >= 0.3 is 0 Å². The Morgan fingerprint density at radius 2 is 0.547 bits per heavy atom. The fourth-order valence-corrected chi connectivity index (χ4v) is 25.8. The number of aryl methyl sites for hydroxylation is 2. The molecule has 0 saturated carbocycles. The van der Waals surface area contributed by atoms with Gasteiger partial charge in [0, 0.05) is 88.8 Å². The van der Waals surface area contributed by atoms with E-state index in [0.29, 0.717) is 11.8 Å². The molecule has 0 atom stereocenters. The number of hydrogen-bond acceptors (Lipinski definition) is 4. The molecule has 16 aromatic rings. The molecule has 0 radical (unpaired) electrons. The van der Waals surface area contributed by atoms with Crippen molar-refractivity contribution >= 4 is 45.5 Å². The minimum atomic E-state index is -0.172. The lowest BCUT2D eigenvalue weighted by molar-refractivity contribution is 0.524. The SMILES string of the molecule is CC(C)(C)c1cccc(-c2ccccc2)c1N(c1ccc2c(c1C(C)(C)C)C(C)(C)c1ccccc1-2)C(C)(C)C.CC(C)c1cccc(-c2ccccc2)c1N(c1ccc2c(c1C(C)C)C(C)(C)c1ccccc1-2)C(C)(C)C.CCc1cccc(-c2ccccc2)c1N(c1ccc2c(c1CC)C(C)(C)c1ccccc1-2)C(C)(C)C.Cc1cccc(-c2ccccc2)c1N(c1ccc2c(c1C)C(C)(C)c1ccccc1-2)C(C)(C)C. The zero-order valence-corrected chi connectivity index (χ0v) is 95.7. The Morgan fingerprint density at radius 1 is 0.236 bits per heavy atom. The molecule has 16 aromatic carbocycles. The summed E-state index contributed by atoms with van der Waals surface area (Å²) in [4.78, 5) is 10.5. The highest BCUT2D eigenvalue weighted by Crippen LogP contribution is 2.62. The quantitative estimate of drug-likeness (QED) is 0.0956. The molecule has 0 aliphatic heterocycles. The number of hydrogen-bond donors (Lipinski definition) is 0. The topological polar surface area (TPSA) is 13.0 Å². The highest BCUT2D eigenvalue weighted by molar-refractivity contribution is 5.97. The van der Waals surface area contributed by atoms with Crippen molar-refractivity contribution in [1.82, 2.24) is 0 Å². The third-order valence-corrected chi connectivity index (χ3v) is 32.0. The van der Waals surface area contributed by atoms with Crippen LogP contribution in [0.1, 0.15) is 322 Å². The lowest BCUT2D eigenvalue weighted by Crippen LogP contribution is -2.41. The van der Waals surface area contributed by atoms with Crippen LogP contribution in [0.4, 0.5) is 45.5 Å². The van der Waals surface area contributed by atoms with Gasteiger partial charge in [-0.05, 0) is 312 Å². The van der Waals surface area contributed by atoms with E-state index in [2.05, 4.69) is 595 Å². The first kappa shape index (κ1) is 106. The summed E-state index contributed by atoms with van der Waals surface area (Å²) in [5.41, 5.74) is 53.8. The van der Waals surface area contributed by atoms with E-state index in [1.54, 1.807) is 0 Å². The smallest absolute Gasteiger partial charge is 0.0533 e. The molecule has 148 heavy (non-hydrogen) atoms. The summed E-state index contributed by atoms with van der Waals surface area (Å²) in [6.45, 7) is 80.1. The predicted molar refractivity (Wildman–Crippen MR) is 645 cm³/mol. The van der Waals surface area contributed by atoms with Crippen molar-refractivity contribution in [2.75, 3.05) is 19.6 Å². The van der Waals surface area contributed by atoms with Crippen LogP contribution in [0.25, 0.3) is 89.0 Å². The fourth-order valence-electron chi connectivity index (χ4n) is 25.8. The lowest BCUT2D eigenvalue weighted by Gasteiger charge is -2.45. The highest BCUT2D eigenvalue weighted by Gasteiger charge is 2.48. The molecular formula is C144H164N4. The standard InChI is InChI=1S/C39H47N.C37H43N.C35H39N.C33H35N/c1-36(2,3)31-23-17-21-27(26-18-13-12-14-19-26)35(31)40(38(7,8)9)32-25-24-29-28-20-15-16-22-30(28)39(10,11)33(29)34(32)37(4,5)6;1-24(2)27-19-15-20-28(26-16-11-10-12-17-26)35(27)38(36(5,6)7)32-23-22-30-29-18-13-14-21-31(29)37(8,9)34(30)33(32)25(3)4;1-8-24-18-15-20-27(25-16-11-10-12-17-25)33(24)36(34(3,4)5)31-23-22-29-28-19-13-14-21-30(28)35(6,7)32(29)26(31)9-2;1-22-14-13-18-25(24-15-9-8-10-16-24)31(22)34(32(3,4)5)29-21-20-27-26-17-11-12-19-28(26)33(6,7)30(27)23(29)2/h12-25H,1-11H3;10-25H,1-9H3;10-23H,8-9H2,1-7H3;8-21H,1-7H3. The molecule has 0 saturated heterocycles. The fraction of sp³-hybridized carbons (Fsp3) is 0.333. The van der Waals surface area contributed by atoms with Crippen molar-refractivity contribution < 1.29 is 0 Å². The van der Waals surface area contributed by atoms with Gasteiger partial charge in [0.05, 0.1) is 22.7 Å².